The molecular formula is C24H23F6N3O4S2. The minimum absolute atomic E-state index is 0.0188. The molecular weight excluding hydrogens is 572 g/mol. The Labute approximate surface area is 224 Å². The SMILES string of the molecule is COc1ncccc1C[C@H]1CN(S(=O)(=O)c2cccs2)CCN1c1ccc(C(O)(C(F)(F)F)C(F)(F)F)cc1. The van der Waals surface area contributed by atoms with Crippen molar-refractivity contribution in [3.05, 3.63) is 71.2 Å². The van der Waals surface area contributed by atoms with E-state index in [0.717, 1.165) is 23.5 Å². The number of rotatable bonds is 7. The van der Waals surface area contributed by atoms with Crippen molar-refractivity contribution in [3.8, 4) is 5.88 Å². The van der Waals surface area contributed by atoms with E-state index >= 15 is 0 Å². The quantitative estimate of drug-likeness (QED) is 0.403. The highest BCUT2D eigenvalue weighted by atomic mass is 32.2. The number of nitrogens with zero attached hydrogens (tertiary/aromatic N) is 3. The summed E-state index contributed by atoms with van der Waals surface area (Å²) in [5, 5.41) is 11.4. The van der Waals surface area contributed by atoms with Crippen molar-refractivity contribution in [2.75, 3.05) is 31.6 Å². The minimum Gasteiger partial charge on any atom is -0.481 e. The van der Waals surface area contributed by atoms with Gasteiger partial charge < -0.3 is 14.7 Å². The number of alkyl halides is 6. The van der Waals surface area contributed by atoms with E-state index in [1.54, 1.807) is 28.5 Å². The van der Waals surface area contributed by atoms with Crippen LogP contribution >= 0.6 is 11.3 Å². The van der Waals surface area contributed by atoms with Crippen molar-refractivity contribution in [1.29, 1.82) is 0 Å². The molecule has 1 fully saturated rings. The van der Waals surface area contributed by atoms with Gasteiger partial charge in [-0.05, 0) is 36.1 Å². The average Bonchev–Trinajstić information content (AvgIpc) is 3.43. The van der Waals surface area contributed by atoms with E-state index in [1.165, 1.54) is 23.7 Å². The van der Waals surface area contributed by atoms with E-state index in [2.05, 4.69) is 4.98 Å². The first-order valence-electron chi connectivity index (χ1n) is 11.4. The van der Waals surface area contributed by atoms with E-state index < -0.39 is 39.6 Å². The van der Waals surface area contributed by atoms with E-state index in [0.29, 0.717) is 23.6 Å². The van der Waals surface area contributed by atoms with Crippen molar-refractivity contribution in [2.24, 2.45) is 0 Å². The molecule has 0 radical (unpaired) electrons. The van der Waals surface area contributed by atoms with Crippen LogP contribution in [-0.4, -0.2) is 68.0 Å². The van der Waals surface area contributed by atoms with E-state index in [-0.39, 0.29) is 36.0 Å². The lowest BCUT2D eigenvalue weighted by Crippen LogP contribution is -2.55. The van der Waals surface area contributed by atoms with E-state index in [1.807, 2.05) is 0 Å². The molecule has 1 N–H and O–H groups in total. The Kier molecular flexibility index (Phi) is 7.91. The third-order valence-electron chi connectivity index (χ3n) is 6.47. The number of pyridine rings is 1. The largest absolute Gasteiger partial charge is 0.481 e. The molecule has 1 aliphatic rings. The number of anilines is 1. The zero-order chi connectivity index (χ0) is 28.6. The number of ether oxygens (including phenoxy) is 1. The first-order valence-corrected chi connectivity index (χ1v) is 13.8. The minimum atomic E-state index is -6.01. The Balaban J connectivity index is 1.69. The molecule has 0 saturated carbocycles. The van der Waals surface area contributed by atoms with Gasteiger partial charge in [-0.15, -0.1) is 11.3 Å². The monoisotopic (exact) mass is 595 g/mol. The fraction of sp³-hybridized carbons (Fsp3) is 0.375. The Morgan fingerprint density at radius 2 is 1.69 bits per heavy atom. The summed E-state index contributed by atoms with van der Waals surface area (Å²) < 4.78 is 113. The zero-order valence-electron chi connectivity index (χ0n) is 20.3. The number of hydrogen-bond acceptors (Lipinski definition) is 7. The second kappa shape index (κ2) is 10.6. The standard InChI is InChI=1S/C24H23F6N3O4S2/c1-37-21-16(4-2-10-31-21)14-19-15-32(39(35,36)20-5-3-13-38-20)11-12-33(19)18-8-6-17(7-9-18)22(34,23(25,26)27)24(28,29)30/h2-10,13,19,34H,11-12,14-15H2,1H3/t19-/m0/s1. The molecule has 0 unspecified atom stereocenters. The van der Waals surface area contributed by atoms with E-state index in [9.17, 15) is 39.9 Å². The Hall–Kier alpha value is -2.88. The highest BCUT2D eigenvalue weighted by Crippen LogP contribution is 2.50. The summed E-state index contributed by atoms with van der Waals surface area (Å²) in [6.45, 7) is 0.104. The maximum atomic E-state index is 13.3. The molecule has 1 aromatic carbocycles. The van der Waals surface area contributed by atoms with Gasteiger partial charge in [0.15, 0.2) is 0 Å². The molecule has 1 atom stereocenters. The van der Waals surface area contributed by atoms with Crippen LogP contribution in [0.5, 0.6) is 5.88 Å². The number of sulfonamides is 1. The van der Waals surface area contributed by atoms with Crippen molar-refractivity contribution >= 4 is 27.0 Å². The molecule has 0 aliphatic carbocycles. The lowest BCUT2D eigenvalue weighted by atomic mass is 9.92. The molecule has 3 heterocycles. The number of thiophene rings is 1. The Morgan fingerprint density at radius 3 is 2.26 bits per heavy atom. The smallest absolute Gasteiger partial charge is 0.430 e. The molecule has 0 bridgehead atoms. The number of methoxy groups -OCH3 is 1. The van der Waals surface area contributed by atoms with Gasteiger partial charge in [-0.3, -0.25) is 0 Å². The molecule has 15 heteroatoms. The van der Waals surface area contributed by atoms with Gasteiger partial charge in [-0.25, -0.2) is 13.4 Å². The van der Waals surface area contributed by atoms with Crippen LogP contribution < -0.4 is 9.64 Å². The first kappa shape index (κ1) is 29.1. The molecule has 7 nitrogen and oxygen atoms in total. The molecule has 4 rings (SSSR count). The van der Waals surface area contributed by atoms with Crippen LogP contribution in [0.15, 0.2) is 64.3 Å². The van der Waals surface area contributed by atoms with Crippen LogP contribution in [0, 0.1) is 0 Å². The van der Waals surface area contributed by atoms with Crippen LogP contribution in [0.1, 0.15) is 11.1 Å². The van der Waals surface area contributed by atoms with Crippen LogP contribution in [0.25, 0.3) is 0 Å². The highest BCUT2D eigenvalue weighted by molar-refractivity contribution is 7.91. The maximum Gasteiger partial charge on any atom is 0.430 e. The molecule has 0 spiro atoms. The van der Waals surface area contributed by atoms with Gasteiger partial charge in [-0.1, -0.05) is 24.3 Å². The Morgan fingerprint density at radius 1 is 1.03 bits per heavy atom. The Bertz CT molecular complexity index is 1370. The number of hydrogen-bond donors (Lipinski definition) is 1. The second-order valence-electron chi connectivity index (χ2n) is 8.77. The average molecular weight is 596 g/mol. The van der Waals surface area contributed by atoms with Crippen molar-refractivity contribution in [3.63, 3.8) is 0 Å². The van der Waals surface area contributed by atoms with Gasteiger partial charge in [0.2, 0.25) is 5.88 Å². The summed E-state index contributed by atoms with van der Waals surface area (Å²) in [4.78, 5) is 5.85. The number of halogens is 6. The summed E-state index contributed by atoms with van der Waals surface area (Å²) >= 11 is 1.06. The molecule has 1 saturated heterocycles. The lowest BCUT2D eigenvalue weighted by molar-refractivity contribution is -0.376. The van der Waals surface area contributed by atoms with Gasteiger partial charge in [0.1, 0.15) is 4.21 Å². The number of aliphatic hydroxyl groups is 1. The normalized spacial score (nSPS) is 17.8. The van der Waals surface area contributed by atoms with Crippen LogP contribution in [0.2, 0.25) is 0 Å². The third kappa shape index (κ3) is 5.44. The topological polar surface area (TPSA) is 83.0 Å². The number of benzene rings is 1. The molecule has 1 aliphatic heterocycles. The van der Waals surface area contributed by atoms with Crippen LogP contribution in [-0.2, 0) is 22.0 Å². The molecule has 39 heavy (non-hydrogen) atoms. The fourth-order valence-electron chi connectivity index (χ4n) is 4.50. The van der Waals surface area contributed by atoms with Crippen molar-refractivity contribution in [1.82, 2.24) is 9.29 Å². The number of aromatic nitrogens is 1. The fourth-order valence-corrected chi connectivity index (χ4v) is 7.11. The van der Waals surface area contributed by atoms with Gasteiger partial charge in [0, 0.05) is 48.7 Å². The summed E-state index contributed by atoms with van der Waals surface area (Å²) in [6.07, 6.45) is -10.3. The summed E-state index contributed by atoms with van der Waals surface area (Å²) in [5.41, 5.74) is -5.54. The van der Waals surface area contributed by atoms with Gasteiger partial charge in [-0.2, -0.15) is 30.6 Å². The molecule has 2 aromatic heterocycles. The summed E-state index contributed by atoms with van der Waals surface area (Å²) in [7, 11) is -2.41. The predicted octanol–water partition coefficient (Wildman–Crippen LogP) is 4.59. The lowest BCUT2D eigenvalue weighted by Gasteiger charge is -2.42. The van der Waals surface area contributed by atoms with Crippen molar-refractivity contribution < 1.29 is 44.6 Å². The maximum absolute atomic E-state index is 13.3. The van der Waals surface area contributed by atoms with Gasteiger partial charge >= 0.3 is 12.4 Å². The second-order valence-corrected chi connectivity index (χ2v) is 11.9. The summed E-state index contributed by atoms with van der Waals surface area (Å²) in [6, 6.07) is 9.15. The van der Waals surface area contributed by atoms with Crippen molar-refractivity contribution in [2.45, 2.75) is 34.6 Å². The third-order valence-corrected chi connectivity index (χ3v) is 9.71. The zero-order valence-corrected chi connectivity index (χ0v) is 21.9. The van der Waals surface area contributed by atoms with Gasteiger partial charge in [0.25, 0.3) is 15.6 Å². The highest BCUT2D eigenvalue weighted by Gasteiger charge is 2.71. The summed E-state index contributed by atoms with van der Waals surface area (Å²) in [5.74, 6) is 0.298. The van der Waals surface area contributed by atoms with Crippen LogP contribution in [0.3, 0.4) is 0 Å². The molecule has 212 valence electrons. The first-order chi connectivity index (χ1) is 18.2. The van der Waals surface area contributed by atoms with E-state index in [4.69, 9.17) is 4.74 Å². The van der Waals surface area contributed by atoms with Gasteiger partial charge in [0.05, 0.1) is 7.11 Å². The predicted molar refractivity (Wildman–Crippen MR) is 131 cm³/mol. The number of piperazine rings is 1. The molecule has 3 aromatic rings. The van der Waals surface area contributed by atoms with Crippen LogP contribution in [0.4, 0.5) is 32.0 Å². The molecule has 0 amide bonds.